The molecule has 0 bridgehead atoms. The fourth-order valence-electron chi connectivity index (χ4n) is 2.67. The quantitative estimate of drug-likeness (QED) is 0.653. The van der Waals surface area contributed by atoms with E-state index in [0.717, 1.165) is 25.7 Å². The van der Waals surface area contributed by atoms with Crippen LogP contribution >= 0.6 is 0 Å². The van der Waals surface area contributed by atoms with Crippen molar-refractivity contribution in [3.8, 4) is 5.75 Å². The van der Waals surface area contributed by atoms with Gasteiger partial charge >= 0.3 is 0 Å². The molecule has 1 aliphatic carbocycles. The lowest BCUT2D eigenvalue weighted by Crippen LogP contribution is -2.26. The van der Waals surface area contributed by atoms with E-state index in [1.807, 2.05) is 0 Å². The fraction of sp³-hybridized carbons (Fsp3) is 0.462. The van der Waals surface area contributed by atoms with Gasteiger partial charge < -0.3 is 15.4 Å². The van der Waals surface area contributed by atoms with Gasteiger partial charge in [-0.2, -0.15) is 0 Å². The zero-order chi connectivity index (χ0) is 14.1. The highest BCUT2D eigenvalue weighted by Crippen LogP contribution is 2.39. The fourth-order valence-corrected chi connectivity index (χ4v) is 2.67. The van der Waals surface area contributed by atoms with Crippen LogP contribution in [0.15, 0.2) is 12.1 Å². The molecule has 1 amide bonds. The molecule has 2 N–H and O–H groups in total. The van der Waals surface area contributed by atoms with Crippen LogP contribution in [0.2, 0.25) is 0 Å². The Bertz CT molecular complexity index is 567. The van der Waals surface area contributed by atoms with E-state index < -0.39 is 4.92 Å². The molecule has 0 aromatic heterocycles. The predicted molar refractivity (Wildman–Crippen MR) is 73.1 cm³/mol. The lowest BCUT2D eigenvalue weighted by atomic mass is 10.1. The van der Waals surface area contributed by atoms with Crippen LogP contribution in [0, 0.1) is 10.1 Å². The van der Waals surface area contributed by atoms with Gasteiger partial charge in [0.1, 0.15) is 5.69 Å². The Kier molecular flexibility index (Phi) is 3.17. The van der Waals surface area contributed by atoms with Gasteiger partial charge in [0.2, 0.25) is 0 Å². The number of anilines is 2. The normalized spacial score (nSPS) is 18.1. The van der Waals surface area contributed by atoms with Crippen LogP contribution in [0.4, 0.5) is 17.1 Å². The molecular weight excluding hydrogens is 262 g/mol. The van der Waals surface area contributed by atoms with Crippen LogP contribution in [0.5, 0.6) is 5.75 Å². The molecule has 0 unspecified atom stereocenters. The maximum Gasteiger partial charge on any atom is 0.296 e. The topological polar surface area (TPSA) is 93.5 Å². The van der Waals surface area contributed by atoms with E-state index in [1.54, 1.807) is 6.07 Å². The van der Waals surface area contributed by atoms with Crippen molar-refractivity contribution in [3.05, 3.63) is 22.2 Å². The van der Waals surface area contributed by atoms with Gasteiger partial charge in [0.25, 0.3) is 11.6 Å². The minimum atomic E-state index is -0.433. The van der Waals surface area contributed by atoms with Gasteiger partial charge in [-0.1, -0.05) is 12.8 Å². The molecule has 1 saturated carbocycles. The number of fused-ring (bicyclic) bond motifs is 1. The highest BCUT2D eigenvalue weighted by Gasteiger charge is 2.25. The second-order valence-electron chi connectivity index (χ2n) is 5.09. The third-order valence-corrected chi connectivity index (χ3v) is 3.64. The van der Waals surface area contributed by atoms with Crippen molar-refractivity contribution in [2.24, 2.45) is 0 Å². The number of carbonyl (C=O) groups excluding carboxylic acids is 1. The summed E-state index contributed by atoms with van der Waals surface area (Å²) in [5.41, 5.74) is 0.894. The summed E-state index contributed by atoms with van der Waals surface area (Å²) in [4.78, 5) is 22.0. The van der Waals surface area contributed by atoms with Crippen molar-refractivity contribution in [1.29, 1.82) is 0 Å². The Labute approximate surface area is 115 Å². The number of nitrogens with one attached hydrogen (secondary N) is 2. The molecule has 106 valence electrons. The first-order chi connectivity index (χ1) is 9.63. The maximum atomic E-state index is 11.3. The van der Waals surface area contributed by atoms with Crippen molar-refractivity contribution in [1.82, 2.24) is 0 Å². The SMILES string of the molecule is O=C1COc2cc([N+](=O)[O-])c(NC3CCCC3)cc2N1. The van der Waals surface area contributed by atoms with Crippen molar-refractivity contribution in [2.75, 3.05) is 17.2 Å². The average molecular weight is 277 g/mol. The molecule has 0 radical (unpaired) electrons. The average Bonchev–Trinajstić information content (AvgIpc) is 2.90. The van der Waals surface area contributed by atoms with Crippen molar-refractivity contribution in [3.63, 3.8) is 0 Å². The van der Waals surface area contributed by atoms with Crippen LogP contribution in [0.3, 0.4) is 0 Å². The second kappa shape index (κ2) is 4.99. The molecule has 7 heteroatoms. The molecule has 1 fully saturated rings. The monoisotopic (exact) mass is 277 g/mol. The predicted octanol–water partition coefficient (Wildman–Crippen LogP) is 2.28. The summed E-state index contributed by atoms with van der Waals surface area (Å²) in [6.45, 7) is -0.112. The zero-order valence-corrected chi connectivity index (χ0v) is 10.8. The Hall–Kier alpha value is -2.31. The summed E-state index contributed by atoms with van der Waals surface area (Å²) in [5.74, 6) is 0.0893. The number of rotatable bonds is 3. The first-order valence-electron chi connectivity index (χ1n) is 6.65. The third-order valence-electron chi connectivity index (χ3n) is 3.64. The first kappa shape index (κ1) is 12.7. The standard InChI is InChI=1S/C13H15N3O4/c17-13-7-20-12-6-11(16(18)19)9(5-10(12)15-13)14-8-3-1-2-4-8/h5-6,8,14H,1-4,7H2,(H,15,17). The van der Waals surface area contributed by atoms with Gasteiger partial charge in [0.15, 0.2) is 12.4 Å². The molecule has 0 saturated heterocycles. The van der Waals surface area contributed by atoms with Crippen LogP contribution < -0.4 is 15.4 Å². The number of benzene rings is 1. The van der Waals surface area contributed by atoms with E-state index in [-0.39, 0.29) is 24.2 Å². The lowest BCUT2D eigenvalue weighted by molar-refractivity contribution is -0.384. The highest BCUT2D eigenvalue weighted by atomic mass is 16.6. The summed E-state index contributed by atoms with van der Waals surface area (Å²) in [6.07, 6.45) is 4.29. The summed E-state index contributed by atoms with van der Waals surface area (Å²) < 4.78 is 5.21. The van der Waals surface area contributed by atoms with E-state index in [9.17, 15) is 14.9 Å². The van der Waals surface area contributed by atoms with Crippen molar-refractivity contribution in [2.45, 2.75) is 31.7 Å². The van der Waals surface area contributed by atoms with Gasteiger partial charge in [0, 0.05) is 6.04 Å². The second-order valence-corrected chi connectivity index (χ2v) is 5.09. The molecule has 1 aliphatic heterocycles. The third kappa shape index (κ3) is 2.38. The van der Waals surface area contributed by atoms with E-state index in [2.05, 4.69) is 10.6 Å². The largest absolute Gasteiger partial charge is 0.481 e. The summed E-state index contributed by atoms with van der Waals surface area (Å²) in [6, 6.07) is 3.21. The highest BCUT2D eigenvalue weighted by molar-refractivity contribution is 5.96. The summed E-state index contributed by atoms with van der Waals surface area (Å²) in [5, 5.41) is 17.0. The molecule has 2 aliphatic rings. The number of nitro benzene ring substituents is 1. The lowest BCUT2D eigenvalue weighted by Gasteiger charge is -2.20. The number of nitro groups is 1. The molecular formula is C13H15N3O4. The van der Waals surface area contributed by atoms with E-state index in [4.69, 9.17) is 4.74 Å². The maximum absolute atomic E-state index is 11.3. The zero-order valence-electron chi connectivity index (χ0n) is 10.8. The first-order valence-corrected chi connectivity index (χ1v) is 6.65. The Morgan fingerprint density at radius 2 is 2.10 bits per heavy atom. The molecule has 0 spiro atoms. The van der Waals surface area contributed by atoms with Crippen LogP contribution in [-0.4, -0.2) is 23.5 Å². The molecule has 1 aromatic carbocycles. The van der Waals surface area contributed by atoms with Gasteiger partial charge in [-0.25, -0.2) is 0 Å². The van der Waals surface area contributed by atoms with Gasteiger partial charge in [0.05, 0.1) is 16.7 Å². The molecule has 0 atom stereocenters. The smallest absolute Gasteiger partial charge is 0.296 e. The van der Waals surface area contributed by atoms with Crippen molar-refractivity contribution >= 4 is 23.0 Å². The molecule has 3 rings (SSSR count). The van der Waals surface area contributed by atoms with Gasteiger partial charge in [-0.3, -0.25) is 14.9 Å². The summed E-state index contributed by atoms with van der Waals surface area (Å²) >= 11 is 0. The van der Waals surface area contributed by atoms with Crippen LogP contribution in [-0.2, 0) is 4.79 Å². The number of nitrogens with zero attached hydrogens (tertiary/aromatic N) is 1. The number of hydrogen-bond acceptors (Lipinski definition) is 5. The minimum absolute atomic E-state index is 0.0215. The Balaban J connectivity index is 1.95. The number of ether oxygens (including phenoxy) is 1. The Morgan fingerprint density at radius 3 is 2.80 bits per heavy atom. The molecule has 1 heterocycles. The van der Waals surface area contributed by atoms with Crippen molar-refractivity contribution < 1.29 is 14.5 Å². The van der Waals surface area contributed by atoms with Crippen LogP contribution in [0.25, 0.3) is 0 Å². The summed E-state index contributed by atoms with van der Waals surface area (Å²) in [7, 11) is 0. The van der Waals surface area contributed by atoms with E-state index in [1.165, 1.54) is 6.07 Å². The molecule has 20 heavy (non-hydrogen) atoms. The molecule has 7 nitrogen and oxygen atoms in total. The number of hydrogen-bond donors (Lipinski definition) is 2. The van der Waals surface area contributed by atoms with E-state index in [0.29, 0.717) is 17.1 Å². The van der Waals surface area contributed by atoms with Gasteiger partial charge in [-0.15, -0.1) is 0 Å². The minimum Gasteiger partial charge on any atom is -0.481 e. The van der Waals surface area contributed by atoms with E-state index >= 15 is 0 Å². The Morgan fingerprint density at radius 1 is 1.35 bits per heavy atom. The van der Waals surface area contributed by atoms with Gasteiger partial charge in [-0.05, 0) is 18.9 Å². The molecule has 1 aromatic rings. The number of carbonyl (C=O) groups is 1. The number of amides is 1. The van der Waals surface area contributed by atoms with Crippen LogP contribution in [0.1, 0.15) is 25.7 Å².